The van der Waals surface area contributed by atoms with Crippen LogP contribution in [0, 0.1) is 5.82 Å². The van der Waals surface area contributed by atoms with Crippen molar-refractivity contribution < 1.29 is 17.6 Å². The first-order chi connectivity index (χ1) is 11.3. The van der Waals surface area contributed by atoms with Gasteiger partial charge in [-0.3, -0.25) is 4.79 Å². The fourth-order valence-electron chi connectivity index (χ4n) is 2.98. The van der Waals surface area contributed by atoms with Gasteiger partial charge in [0.15, 0.2) is 5.78 Å². The average Bonchev–Trinajstić information content (AvgIpc) is 2.60. The molecule has 1 heterocycles. The van der Waals surface area contributed by atoms with Gasteiger partial charge in [-0.2, -0.15) is 0 Å². The van der Waals surface area contributed by atoms with Gasteiger partial charge in [-0.25, -0.2) is 17.1 Å². The van der Waals surface area contributed by atoms with Gasteiger partial charge in [-0.1, -0.05) is 0 Å². The number of ketones is 1. The van der Waals surface area contributed by atoms with Crippen LogP contribution in [0.3, 0.4) is 0 Å². The maximum atomic E-state index is 12.9. The van der Waals surface area contributed by atoms with E-state index >= 15 is 0 Å². The zero-order chi connectivity index (χ0) is 17.7. The van der Waals surface area contributed by atoms with E-state index in [0.717, 1.165) is 25.9 Å². The van der Waals surface area contributed by atoms with Crippen LogP contribution >= 0.6 is 0 Å². The second-order valence-electron chi connectivity index (χ2n) is 6.17. The summed E-state index contributed by atoms with van der Waals surface area (Å²) in [6, 6.07) is 5.65. The largest absolute Gasteiger partial charge is 0.303 e. The number of piperidine rings is 1. The number of nitrogens with zero attached hydrogens (tertiary/aromatic N) is 2. The van der Waals surface area contributed by atoms with E-state index < -0.39 is 10.0 Å². The van der Waals surface area contributed by atoms with E-state index in [1.54, 1.807) is 14.0 Å². The van der Waals surface area contributed by atoms with Crippen LogP contribution in [-0.2, 0) is 10.0 Å². The van der Waals surface area contributed by atoms with Crippen molar-refractivity contribution >= 4 is 15.8 Å². The van der Waals surface area contributed by atoms with Gasteiger partial charge in [0.05, 0.1) is 5.75 Å². The van der Waals surface area contributed by atoms with Crippen LogP contribution in [0.5, 0.6) is 0 Å². The number of rotatable bonds is 7. The van der Waals surface area contributed by atoms with Crippen LogP contribution in [0.25, 0.3) is 0 Å². The summed E-state index contributed by atoms with van der Waals surface area (Å²) < 4.78 is 38.2. The highest BCUT2D eigenvalue weighted by Gasteiger charge is 2.28. The van der Waals surface area contributed by atoms with Crippen molar-refractivity contribution in [1.29, 1.82) is 0 Å². The van der Waals surface area contributed by atoms with Crippen LogP contribution in [0.1, 0.15) is 36.5 Å². The summed E-state index contributed by atoms with van der Waals surface area (Å²) in [4.78, 5) is 14.3. The number of carbonyl (C=O) groups excluding carboxylic acids is 1. The zero-order valence-corrected chi connectivity index (χ0v) is 15.1. The lowest BCUT2D eigenvalue weighted by Gasteiger charge is -2.35. The van der Waals surface area contributed by atoms with E-state index in [1.807, 2.05) is 0 Å². The number of Topliss-reactive ketones (excluding diaryl/α,β-unsaturated/α-hetero) is 1. The molecule has 0 bridgehead atoms. The summed E-state index contributed by atoms with van der Waals surface area (Å²) in [6.45, 7) is 3.87. The topological polar surface area (TPSA) is 57.7 Å². The number of benzene rings is 1. The van der Waals surface area contributed by atoms with Crippen molar-refractivity contribution in [3.63, 3.8) is 0 Å². The molecule has 1 fully saturated rings. The molecule has 1 saturated heterocycles. The number of halogens is 1. The minimum Gasteiger partial charge on any atom is -0.303 e. The van der Waals surface area contributed by atoms with Crippen molar-refractivity contribution in [1.82, 2.24) is 9.21 Å². The van der Waals surface area contributed by atoms with Crippen molar-refractivity contribution in [3.05, 3.63) is 35.6 Å². The van der Waals surface area contributed by atoms with Gasteiger partial charge in [0.25, 0.3) is 0 Å². The van der Waals surface area contributed by atoms with Gasteiger partial charge >= 0.3 is 0 Å². The highest BCUT2D eigenvalue weighted by Crippen LogP contribution is 2.18. The quantitative estimate of drug-likeness (QED) is 0.703. The summed E-state index contributed by atoms with van der Waals surface area (Å²) in [5.41, 5.74) is 0.528. The normalized spacial score (nSPS) is 17.3. The lowest BCUT2D eigenvalue weighted by Crippen LogP contribution is -2.46. The first-order valence-corrected chi connectivity index (χ1v) is 9.91. The van der Waals surface area contributed by atoms with E-state index in [1.165, 1.54) is 28.6 Å². The van der Waals surface area contributed by atoms with Crippen LogP contribution in [0.2, 0.25) is 0 Å². The Balaban J connectivity index is 1.79. The van der Waals surface area contributed by atoms with E-state index in [-0.39, 0.29) is 23.4 Å². The Morgan fingerprint density at radius 1 is 1.25 bits per heavy atom. The molecule has 1 aliphatic heterocycles. The fourth-order valence-corrected chi connectivity index (χ4v) is 4.05. The molecule has 0 saturated carbocycles. The summed E-state index contributed by atoms with van der Waals surface area (Å²) in [6.07, 6.45) is 1.94. The summed E-state index contributed by atoms with van der Waals surface area (Å²) in [7, 11) is -1.50. The molecule has 0 radical (unpaired) electrons. The Morgan fingerprint density at radius 3 is 2.38 bits per heavy atom. The molecule has 0 unspecified atom stereocenters. The molecule has 1 aromatic carbocycles. The summed E-state index contributed by atoms with van der Waals surface area (Å²) >= 11 is 0. The van der Waals surface area contributed by atoms with E-state index in [0.29, 0.717) is 18.5 Å². The fraction of sp³-hybridized carbons (Fsp3) is 0.588. The number of sulfonamides is 1. The summed E-state index contributed by atoms with van der Waals surface area (Å²) in [5.74, 6) is -0.224. The van der Waals surface area contributed by atoms with Gasteiger partial charge in [0.2, 0.25) is 10.0 Å². The highest BCUT2D eigenvalue weighted by molar-refractivity contribution is 7.89. The molecule has 1 aromatic rings. The molecule has 0 N–H and O–H groups in total. The predicted molar refractivity (Wildman–Crippen MR) is 92.0 cm³/mol. The SMILES string of the molecule is CCS(=O)(=O)N(C)C1CCN(CCC(=O)c2ccc(F)cc2)CC1. The van der Waals surface area contributed by atoms with E-state index in [4.69, 9.17) is 0 Å². The zero-order valence-electron chi connectivity index (χ0n) is 14.2. The smallest absolute Gasteiger partial charge is 0.213 e. The van der Waals surface area contributed by atoms with Crippen LogP contribution < -0.4 is 0 Å². The van der Waals surface area contributed by atoms with Crippen LogP contribution in [-0.4, -0.2) is 61.9 Å². The van der Waals surface area contributed by atoms with Crippen molar-refractivity contribution in [3.8, 4) is 0 Å². The molecular formula is C17H25FN2O3S. The average molecular weight is 356 g/mol. The Bertz CT molecular complexity index is 653. The standard InChI is InChI=1S/C17H25FN2O3S/c1-3-24(22,23)19(2)16-8-11-20(12-9-16)13-10-17(21)14-4-6-15(18)7-5-14/h4-7,16H,3,8-13H2,1-2H3. The molecule has 2 rings (SSSR count). The second kappa shape index (κ2) is 8.18. The number of carbonyl (C=O) groups is 1. The maximum absolute atomic E-state index is 12.9. The minimum absolute atomic E-state index is 0.00259. The monoisotopic (exact) mass is 356 g/mol. The van der Waals surface area contributed by atoms with Crippen LogP contribution in [0.4, 0.5) is 4.39 Å². The van der Waals surface area contributed by atoms with Crippen molar-refractivity contribution in [2.24, 2.45) is 0 Å². The molecule has 0 amide bonds. The third-order valence-electron chi connectivity index (χ3n) is 4.70. The Morgan fingerprint density at radius 2 is 1.83 bits per heavy atom. The van der Waals surface area contributed by atoms with Gasteiger partial charge in [-0.05, 0) is 57.1 Å². The first kappa shape index (κ1) is 19.0. The Kier molecular flexibility index (Phi) is 6.48. The molecule has 5 nitrogen and oxygen atoms in total. The van der Waals surface area contributed by atoms with Gasteiger partial charge in [0, 0.05) is 31.6 Å². The van der Waals surface area contributed by atoms with Crippen LogP contribution in [0.15, 0.2) is 24.3 Å². The van der Waals surface area contributed by atoms with Crippen molar-refractivity contribution in [2.45, 2.75) is 32.2 Å². The maximum Gasteiger partial charge on any atom is 0.213 e. The molecule has 0 atom stereocenters. The predicted octanol–water partition coefficient (Wildman–Crippen LogP) is 2.14. The molecule has 0 spiro atoms. The molecule has 0 aromatic heterocycles. The lowest BCUT2D eigenvalue weighted by molar-refractivity contribution is 0.0949. The molecule has 134 valence electrons. The number of hydrogen-bond acceptors (Lipinski definition) is 4. The molecule has 7 heteroatoms. The van der Waals surface area contributed by atoms with Gasteiger partial charge in [0.1, 0.15) is 5.82 Å². The Labute approximate surface area is 143 Å². The number of likely N-dealkylation sites (tertiary alicyclic amines) is 1. The molecule has 0 aliphatic carbocycles. The first-order valence-electron chi connectivity index (χ1n) is 8.30. The molecule has 1 aliphatic rings. The minimum atomic E-state index is -3.15. The second-order valence-corrected chi connectivity index (χ2v) is 8.49. The molecular weight excluding hydrogens is 331 g/mol. The van der Waals surface area contributed by atoms with E-state index in [9.17, 15) is 17.6 Å². The Hall–Kier alpha value is -1.31. The van der Waals surface area contributed by atoms with E-state index in [2.05, 4.69) is 4.90 Å². The summed E-state index contributed by atoms with van der Waals surface area (Å²) in [5, 5.41) is 0. The van der Waals surface area contributed by atoms with Crippen molar-refractivity contribution in [2.75, 3.05) is 32.4 Å². The number of hydrogen-bond donors (Lipinski definition) is 0. The van der Waals surface area contributed by atoms with Gasteiger partial charge in [-0.15, -0.1) is 0 Å². The van der Waals surface area contributed by atoms with Gasteiger partial charge < -0.3 is 4.90 Å². The third kappa shape index (κ3) is 4.84. The molecule has 24 heavy (non-hydrogen) atoms. The third-order valence-corrected chi connectivity index (χ3v) is 6.60. The highest BCUT2D eigenvalue weighted by atomic mass is 32.2. The lowest BCUT2D eigenvalue weighted by atomic mass is 10.0.